The first-order chi connectivity index (χ1) is 26.5. The Morgan fingerprint density at radius 2 is 1.45 bits per heavy atom. The van der Waals surface area contributed by atoms with Crippen LogP contribution < -0.4 is 0 Å². The van der Waals surface area contributed by atoms with Gasteiger partial charge < -0.3 is 79.1 Å². The van der Waals surface area contributed by atoms with Gasteiger partial charge in [-0.25, -0.2) is 0 Å². The molecule has 16 nitrogen and oxygen atoms in total. The summed E-state index contributed by atoms with van der Waals surface area (Å²) < 4.78 is 41.9. The number of ether oxygens (including phenoxy) is 7. The summed E-state index contributed by atoms with van der Waals surface area (Å²) in [6.07, 6.45) is -9.06. The van der Waals surface area contributed by atoms with Gasteiger partial charge in [0, 0.05) is 18.9 Å². The lowest BCUT2D eigenvalue weighted by atomic mass is 9.45. The molecule has 6 fully saturated rings. The molecule has 7 rings (SSSR count). The van der Waals surface area contributed by atoms with Crippen LogP contribution in [0.1, 0.15) is 85.5 Å². The third-order valence-corrected chi connectivity index (χ3v) is 15.4. The molecular weight excluding hydrogens is 736 g/mol. The summed E-state index contributed by atoms with van der Waals surface area (Å²) in [7, 11) is 1.54. The Kier molecular flexibility index (Phi) is 12.7. The maximum Gasteiger partial charge on any atom is 0.187 e. The highest BCUT2D eigenvalue weighted by atomic mass is 16.8. The zero-order valence-electron chi connectivity index (χ0n) is 33.2. The SMILES string of the molecule is COC1CC(OC2CCC3(C)C(=CCC4C3CCC3(C)C(C(C)O)CCC43O)C2)OC(C)C1OC1OC(CO)C(OC2OC(CO)C(O)C(O)C2O)C(O)C1O. The molecule has 0 bridgehead atoms. The summed E-state index contributed by atoms with van der Waals surface area (Å²) in [4.78, 5) is 0. The van der Waals surface area contributed by atoms with Gasteiger partial charge in [-0.2, -0.15) is 0 Å². The van der Waals surface area contributed by atoms with Crippen LogP contribution >= 0.6 is 0 Å². The van der Waals surface area contributed by atoms with Crippen LogP contribution in [0, 0.1) is 28.6 Å². The number of hydrogen-bond donors (Lipinski definition) is 9. The van der Waals surface area contributed by atoms with Crippen LogP contribution in [0.2, 0.25) is 0 Å². The second-order valence-corrected chi connectivity index (χ2v) is 18.2. The molecule has 9 N–H and O–H groups in total. The Balaban J connectivity index is 0.956. The highest BCUT2D eigenvalue weighted by Gasteiger charge is 2.67. The molecule has 7 aliphatic rings. The van der Waals surface area contributed by atoms with E-state index in [0.717, 1.165) is 51.4 Å². The molecule has 0 aromatic carbocycles. The quantitative estimate of drug-likeness (QED) is 0.128. The highest BCUT2D eigenvalue weighted by Crippen LogP contribution is 2.68. The van der Waals surface area contributed by atoms with E-state index in [9.17, 15) is 46.0 Å². The molecule has 0 aromatic heterocycles. The van der Waals surface area contributed by atoms with E-state index in [0.29, 0.717) is 12.3 Å². The lowest BCUT2D eigenvalue weighted by Crippen LogP contribution is -2.65. The smallest absolute Gasteiger partial charge is 0.187 e. The fraction of sp³-hybridized carbons (Fsp3) is 0.950. The standard InChI is InChI=1S/C40H66O16/c1-18(43)22-10-13-40(49)24-7-6-20-14-21(8-11-38(20,3)23(24)9-12-39(22,40)4)52-28-15-25(50-5)34(19(2)51-28)55-37-33(48)31(46)35(27(17-42)54-37)56-36-32(47)30(45)29(44)26(16-41)53-36/h6,18-19,21-37,41-49H,7-17H2,1-5H3. The van der Waals surface area contributed by atoms with Gasteiger partial charge in [-0.3, -0.25) is 0 Å². The van der Waals surface area contributed by atoms with E-state index < -0.39 is 111 Å². The molecule has 22 unspecified atom stereocenters. The number of aliphatic hydroxyl groups is 9. The van der Waals surface area contributed by atoms with Gasteiger partial charge in [0.1, 0.15) is 54.9 Å². The molecule has 22 atom stereocenters. The summed E-state index contributed by atoms with van der Waals surface area (Å²) in [5, 5.41) is 95.6. The minimum atomic E-state index is -1.77. The van der Waals surface area contributed by atoms with Crippen molar-refractivity contribution in [1.82, 2.24) is 0 Å². The van der Waals surface area contributed by atoms with Crippen LogP contribution in [0.3, 0.4) is 0 Å². The lowest BCUT2D eigenvalue weighted by molar-refractivity contribution is -0.373. The van der Waals surface area contributed by atoms with Gasteiger partial charge in [-0.15, -0.1) is 0 Å². The molecular formula is C40H66O16. The van der Waals surface area contributed by atoms with Crippen molar-refractivity contribution in [2.24, 2.45) is 28.6 Å². The molecule has 16 heteroatoms. The number of fused-ring (bicyclic) bond motifs is 5. The predicted molar refractivity (Wildman–Crippen MR) is 194 cm³/mol. The van der Waals surface area contributed by atoms with E-state index in [4.69, 9.17) is 33.2 Å². The fourth-order valence-corrected chi connectivity index (χ4v) is 12.1. The van der Waals surface area contributed by atoms with Gasteiger partial charge in [0.25, 0.3) is 0 Å². The average Bonchev–Trinajstić information content (AvgIpc) is 3.46. The molecule has 4 aliphatic carbocycles. The predicted octanol–water partition coefficient (Wildman–Crippen LogP) is -0.394. The molecule has 3 saturated carbocycles. The molecule has 56 heavy (non-hydrogen) atoms. The van der Waals surface area contributed by atoms with Gasteiger partial charge in [0.05, 0.1) is 43.2 Å². The second kappa shape index (κ2) is 16.5. The van der Waals surface area contributed by atoms with Crippen LogP contribution in [0.4, 0.5) is 0 Å². The Bertz CT molecular complexity index is 1380. The minimum absolute atomic E-state index is 0.0336. The van der Waals surface area contributed by atoms with Gasteiger partial charge in [-0.1, -0.05) is 25.5 Å². The highest BCUT2D eigenvalue weighted by molar-refractivity contribution is 5.28. The van der Waals surface area contributed by atoms with E-state index >= 15 is 0 Å². The van der Waals surface area contributed by atoms with Crippen LogP contribution in [0.15, 0.2) is 11.6 Å². The monoisotopic (exact) mass is 802 g/mol. The van der Waals surface area contributed by atoms with Crippen molar-refractivity contribution in [2.45, 2.75) is 189 Å². The van der Waals surface area contributed by atoms with Crippen molar-refractivity contribution in [3.63, 3.8) is 0 Å². The summed E-state index contributed by atoms with van der Waals surface area (Å²) in [5.74, 6) is 0.644. The van der Waals surface area contributed by atoms with E-state index in [1.807, 2.05) is 6.92 Å². The van der Waals surface area contributed by atoms with Crippen molar-refractivity contribution in [3.05, 3.63) is 11.6 Å². The molecule has 0 spiro atoms. The summed E-state index contributed by atoms with van der Waals surface area (Å²) in [5.41, 5.74) is 0.285. The van der Waals surface area contributed by atoms with Crippen LogP contribution in [-0.4, -0.2) is 170 Å². The van der Waals surface area contributed by atoms with Crippen molar-refractivity contribution in [2.75, 3.05) is 20.3 Å². The van der Waals surface area contributed by atoms with Gasteiger partial charge in [0.2, 0.25) is 0 Å². The Morgan fingerprint density at radius 1 is 0.786 bits per heavy atom. The Labute approximate surface area is 328 Å². The molecule has 0 radical (unpaired) electrons. The summed E-state index contributed by atoms with van der Waals surface area (Å²) in [6, 6.07) is 0. The number of methoxy groups -OCH3 is 1. The van der Waals surface area contributed by atoms with Gasteiger partial charge >= 0.3 is 0 Å². The van der Waals surface area contributed by atoms with Crippen molar-refractivity contribution in [1.29, 1.82) is 0 Å². The first-order valence-corrected chi connectivity index (χ1v) is 20.7. The molecule has 3 saturated heterocycles. The van der Waals surface area contributed by atoms with Crippen LogP contribution in [0.5, 0.6) is 0 Å². The first-order valence-electron chi connectivity index (χ1n) is 20.7. The largest absolute Gasteiger partial charge is 0.394 e. The number of hydrogen-bond acceptors (Lipinski definition) is 16. The van der Waals surface area contributed by atoms with E-state index in [2.05, 4.69) is 19.9 Å². The normalized spacial score (nSPS) is 54.1. The van der Waals surface area contributed by atoms with Crippen molar-refractivity contribution in [3.8, 4) is 0 Å². The Hall–Kier alpha value is -0.900. The van der Waals surface area contributed by atoms with Gasteiger partial charge in [-0.05, 0) is 88.4 Å². The molecule has 3 heterocycles. The maximum absolute atomic E-state index is 12.3. The third kappa shape index (κ3) is 7.24. The molecule has 3 aliphatic heterocycles. The number of allylic oxidation sites excluding steroid dienone is 1. The number of aliphatic hydroxyl groups excluding tert-OH is 8. The number of rotatable bonds is 10. The zero-order valence-corrected chi connectivity index (χ0v) is 33.2. The third-order valence-electron chi connectivity index (χ3n) is 15.4. The van der Waals surface area contributed by atoms with E-state index in [1.54, 1.807) is 6.92 Å². The molecule has 0 amide bonds. The minimum Gasteiger partial charge on any atom is -0.394 e. The second-order valence-electron chi connectivity index (χ2n) is 18.2. The van der Waals surface area contributed by atoms with Crippen LogP contribution in [-0.2, 0) is 33.2 Å². The average molecular weight is 803 g/mol. The lowest BCUT2D eigenvalue weighted by Gasteiger charge is -2.61. The topological polar surface area (TPSA) is 247 Å². The van der Waals surface area contributed by atoms with Crippen LogP contribution in [0.25, 0.3) is 0 Å². The molecule has 0 aromatic rings. The van der Waals surface area contributed by atoms with Gasteiger partial charge in [0.15, 0.2) is 18.9 Å². The fourth-order valence-electron chi connectivity index (χ4n) is 12.1. The van der Waals surface area contributed by atoms with Crippen molar-refractivity contribution >= 4 is 0 Å². The molecule has 322 valence electrons. The van der Waals surface area contributed by atoms with E-state index in [-0.39, 0.29) is 28.8 Å². The zero-order chi connectivity index (χ0) is 40.5. The maximum atomic E-state index is 12.3. The van der Waals surface area contributed by atoms with E-state index in [1.165, 1.54) is 12.7 Å². The van der Waals surface area contributed by atoms with Crippen molar-refractivity contribution < 1.29 is 79.1 Å². The first kappa shape index (κ1) is 43.2. The summed E-state index contributed by atoms with van der Waals surface area (Å²) in [6.45, 7) is 6.85. The Morgan fingerprint density at radius 3 is 2.11 bits per heavy atom. The summed E-state index contributed by atoms with van der Waals surface area (Å²) >= 11 is 0.